The molecule has 0 spiro atoms. The van der Waals surface area contributed by atoms with Crippen molar-refractivity contribution >= 4 is 75.5 Å². The van der Waals surface area contributed by atoms with Crippen LogP contribution in [0.1, 0.15) is 181 Å². The summed E-state index contributed by atoms with van der Waals surface area (Å²) in [5.41, 5.74) is 0. The fourth-order valence-corrected chi connectivity index (χ4v) is 5.25. The summed E-state index contributed by atoms with van der Waals surface area (Å²) in [6, 6.07) is 0. The second-order valence-corrected chi connectivity index (χ2v) is 11.8. The van der Waals surface area contributed by atoms with E-state index in [1.165, 1.54) is 122 Å². The van der Waals surface area contributed by atoms with Gasteiger partial charge in [-0.1, -0.05) is 162 Å². The van der Waals surface area contributed by atoms with E-state index in [9.17, 15) is 13.2 Å². The molecule has 0 aromatic rings. The van der Waals surface area contributed by atoms with Gasteiger partial charge < -0.3 is 4.18 Å². The van der Waals surface area contributed by atoms with Crippen LogP contribution in [0.4, 0.5) is 0 Å². The summed E-state index contributed by atoms with van der Waals surface area (Å²) in [7, 11) is -4.21. The molecule has 0 aliphatic carbocycles. The molecule has 0 saturated heterocycles. The summed E-state index contributed by atoms with van der Waals surface area (Å²) in [6.07, 6.45) is 30.6. The first-order chi connectivity index (χ1) is 17.5. The standard InChI is InChI=1S/C30H60O5S.2Na.2H/c1-3-5-7-9-11-13-15-16-17-18-19-20-22-24-26-28-30(31)35-36(32,33)34-29-27-25-23-21-14-12-10-8-6-4-2;;;;/h3-29H2,1-2H3;;;;. The minimum atomic E-state index is -4.21. The Morgan fingerprint density at radius 2 is 0.763 bits per heavy atom. The van der Waals surface area contributed by atoms with Crippen molar-refractivity contribution in [2.75, 3.05) is 6.61 Å². The van der Waals surface area contributed by atoms with Gasteiger partial charge in [-0.05, 0) is 12.8 Å². The SMILES string of the molecule is CCCCCCCCCCCCCCCCCC(=O)OS(=O)(=O)OCCCCCCCCCCCC.[NaH].[NaH]. The summed E-state index contributed by atoms with van der Waals surface area (Å²) >= 11 is 0. The van der Waals surface area contributed by atoms with Gasteiger partial charge in [0.25, 0.3) is 0 Å². The normalized spacial score (nSPS) is 11.1. The molecule has 8 heteroatoms. The van der Waals surface area contributed by atoms with Crippen molar-refractivity contribution in [3.63, 3.8) is 0 Å². The van der Waals surface area contributed by atoms with Crippen LogP contribution in [-0.2, 0) is 23.6 Å². The van der Waals surface area contributed by atoms with Crippen molar-refractivity contribution in [3.8, 4) is 0 Å². The predicted octanol–water partition coefficient (Wildman–Crippen LogP) is 8.68. The summed E-state index contributed by atoms with van der Waals surface area (Å²) < 4.78 is 33.0. The topological polar surface area (TPSA) is 69.7 Å². The molecule has 0 fully saturated rings. The second-order valence-electron chi connectivity index (χ2n) is 10.6. The van der Waals surface area contributed by atoms with Crippen molar-refractivity contribution in [3.05, 3.63) is 0 Å². The zero-order valence-corrected chi connectivity index (χ0v) is 24.9. The molecule has 5 nitrogen and oxygen atoms in total. The molecule has 0 aliphatic rings. The first kappa shape index (κ1) is 43.8. The molecular formula is C30H62Na2O5S. The zero-order chi connectivity index (χ0) is 26.6. The maximum atomic E-state index is 11.8. The van der Waals surface area contributed by atoms with E-state index in [4.69, 9.17) is 4.18 Å². The molecule has 0 rings (SSSR count). The Labute approximate surface area is 282 Å². The van der Waals surface area contributed by atoms with Gasteiger partial charge in [0.1, 0.15) is 0 Å². The van der Waals surface area contributed by atoms with Crippen molar-refractivity contribution in [1.82, 2.24) is 0 Å². The van der Waals surface area contributed by atoms with Crippen LogP contribution >= 0.6 is 0 Å². The van der Waals surface area contributed by atoms with Gasteiger partial charge in [-0.2, -0.15) is 8.42 Å². The fourth-order valence-electron chi connectivity index (χ4n) is 4.57. The van der Waals surface area contributed by atoms with Gasteiger partial charge in [-0.15, -0.1) is 0 Å². The van der Waals surface area contributed by atoms with Crippen molar-refractivity contribution in [2.24, 2.45) is 0 Å². The number of hydrogen-bond donors (Lipinski definition) is 0. The van der Waals surface area contributed by atoms with Gasteiger partial charge >= 0.3 is 75.5 Å². The Kier molecular flexibility index (Phi) is 39.9. The van der Waals surface area contributed by atoms with E-state index in [1.54, 1.807) is 0 Å². The Balaban J connectivity index is -0.00000612. The van der Waals surface area contributed by atoms with E-state index < -0.39 is 16.4 Å². The van der Waals surface area contributed by atoms with Gasteiger partial charge in [0.2, 0.25) is 0 Å². The minimum absolute atomic E-state index is 0. The van der Waals surface area contributed by atoms with Crippen LogP contribution in [0.3, 0.4) is 0 Å². The molecule has 0 aromatic heterocycles. The van der Waals surface area contributed by atoms with Crippen molar-refractivity contribution in [2.45, 2.75) is 181 Å². The van der Waals surface area contributed by atoms with Gasteiger partial charge in [0.05, 0.1) is 6.61 Å². The summed E-state index contributed by atoms with van der Waals surface area (Å²) in [5.74, 6) is -0.701. The van der Waals surface area contributed by atoms with Crippen molar-refractivity contribution in [1.29, 1.82) is 0 Å². The fraction of sp³-hybridized carbons (Fsp3) is 0.967. The van der Waals surface area contributed by atoms with E-state index in [0.29, 0.717) is 12.8 Å². The van der Waals surface area contributed by atoms with Gasteiger partial charge in [0, 0.05) is 6.42 Å². The van der Waals surface area contributed by atoms with Crippen LogP contribution in [0, 0.1) is 0 Å². The van der Waals surface area contributed by atoms with E-state index >= 15 is 0 Å². The van der Waals surface area contributed by atoms with E-state index in [2.05, 4.69) is 18.0 Å². The first-order valence-electron chi connectivity index (χ1n) is 15.6. The number of hydrogen-bond acceptors (Lipinski definition) is 5. The Morgan fingerprint density at radius 1 is 0.474 bits per heavy atom. The number of carbonyl (C=O) groups is 1. The van der Waals surface area contributed by atoms with E-state index in [1.807, 2.05) is 0 Å². The van der Waals surface area contributed by atoms with Crippen LogP contribution in [0.5, 0.6) is 0 Å². The second kappa shape index (κ2) is 34.6. The van der Waals surface area contributed by atoms with E-state index in [-0.39, 0.29) is 72.1 Å². The monoisotopic (exact) mass is 580 g/mol. The third-order valence-electron chi connectivity index (χ3n) is 6.91. The molecular weight excluding hydrogens is 518 g/mol. The van der Waals surface area contributed by atoms with E-state index in [0.717, 1.165) is 25.7 Å². The molecule has 0 radical (unpaired) electrons. The Bertz CT molecular complexity index is 573. The quantitative estimate of drug-likeness (QED) is 0.0654. The Hall–Kier alpha value is 1.38. The molecule has 0 bridgehead atoms. The molecule has 0 unspecified atom stereocenters. The average Bonchev–Trinajstić information content (AvgIpc) is 2.84. The van der Waals surface area contributed by atoms with Crippen LogP contribution < -0.4 is 0 Å². The van der Waals surface area contributed by atoms with Gasteiger partial charge in [-0.25, -0.2) is 4.18 Å². The molecule has 220 valence electrons. The summed E-state index contributed by atoms with van der Waals surface area (Å²) in [6.45, 7) is 4.58. The van der Waals surface area contributed by atoms with Gasteiger partial charge in [-0.3, -0.25) is 4.79 Å². The number of rotatable bonds is 29. The molecule has 0 saturated carbocycles. The zero-order valence-electron chi connectivity index (χ0n) is 24.0. The third kappa shape index (κ3) is 35.4. The molecule has 0 atom stereocenters. The van der Waals surface area contributed by atoms with Crippen LogP contribution in [0.25, 0.3) is 0 Å². The summed E-state index contributed by atoms with van der Waals surface area (Å²) in [5, 5.41) is 0. The van der Waals surface area contributed by atoms with Gasteiger partial charge in [0.15, 0.2) is 0 Å². The maximum absolute atomic E-state index is 11.8. The molecule has 0 amide bonds. The molecule has 0 aliphatic heterocycles. The van der Waals surface area contributed by atoms with Crippen LogP contribution in [0.15, 0.2) is 0 Å². The molecule has 0 aromatic carbocycles. The predicted molar refractivity (Wildman–Crippen MR) is 167 cm³/mol. The number of unbranched alkanes of at least 4 members (excludes halogenated alkanes) is 23. The number of carbonyl (C=O) groups excluding carboxylic acids is 1. The Morgan fingerprint density at radius 3 is 1.11 bits per heavy atom. The molecule has 0 N–H and O–H groups in total. The molecule has 0 heterocycles. The summed E-state index contributed by atoms with van der Waals surface area (Å²) in [4.78, 5) is 11.8. The van der Waals surface area contributed by atoms with Crippen LogP contribution in [0.2, 0.25) is 0 Å². The molecule has 38 heavy (non-hydrogen) atoms. The third-order valence-corrected chi connectivity index (χ3v) is 7.75. The average molecular weight is 581 g/mol. The van der Waals surface area contributed by atoms with Crippen LogP contribution in [-0.4, -0.2) is 80.1 Å². The first-order valence-corrected chi connectivity index (χ1v) is 17.0. The van der Waals surface area contributed by atoms with Crippen molar-refractivity contribution < 1.29 is 21.6 Å².